The molecule has 0 aromatic heterocycles. The first-order chi connectivity index (χ1) is 8.45. The number of carbonyl (C=O) groups is 2. The van der Waals surface area contributed by atoms with E-state index in [0.717, 1.165) is 5.56 Å². The summed E-state index contributed by atoms with van der Waals surface area (Å²) in [4.78, 5) is 22.0. The highest BCUT2D eigenvalue weighted by Gasteiger charge is 2.12. The maximum Gasteiger partial charge on any atom is 0.320 e. The van der Waals surface area contributed by atoms with Gasteiger partial charge in [-0.15, -0.1) is 0 Å². The third-order valence-corrected chi connectivity index (χ3v) is 2.66. The summed E-state index contributed by atoms with van der Waals surface area (Å²) in [5, 5.41) is 11.6. The van der Waals surface area contributed by atoms with Crippen molar-refractivity contribution in [1.29, 1.82) is 0 Å². The Morgan fingerprint density at radius 3 is 2.61 bits per heavy atom. The van der Waals surface area contributed by atoms with Crippen LogP contribution in [0.5, 0.6) is 5.75 Å². The Bertz CT molecular complexity index is 456. The molecule has 1 rings (SSSR count). The molecule has 0 heterocycles. The van der Waals surface area contributed by atoms with Gasteiger partial charge < -0.3 is 15.2 Å². The molecule has 0 aliphatic heterocycles. The van der Waals surface area contributed by atoms with Crippen molar-refractivity contribution in [3.05, 3.63) is 29.3 Å². The summed E-state index contributed by atoms with van der Waals surface area (Å²) in [6, 6.07) is 4.45. The third kappa shape index (κ3) is 3.56. The van der Waals surface area contributed by atoms with Crippen LogP contribution in [0.4, 0.5) is 0 Å². The number of Topliss-reactive ketones (excluding diaryl/α,β-unsaturated/α-hetero) is 1. The number of benzene rings is 1. The highest BCUT2D eigenvalue weighted by molar-refractivity contribution is 5.94. The van der Waals surface area contributed by atoms with Gasteiger partial charge in [-0.2, -0.15) is 0 Å². The maximum absolute atomic E-state index is 11.3. The van der Waals surface area contributed by atoms with Gasteiger partial charge in [0, 0.05) is 17.7 Å². The molecule has 1 aromatic carbocycles. The number of ether oxygens (including phenoxy) is 1. The molecule has 5 nitrogen and oxygen atoms in total. The Labute approximate surface area is 106 Å². The molecular weight excluding hydrogens is 234 g/mol. The number of hydrogen-bond acceptors (Lipinski definition) is 4. The lowest BCUT2D eigenvalue weighted by Crippen LogP contribution is -2.33. The number of carboxylic acids is 1. The SMILES string of the molecule is COc1ccc(C(C)=O)cc1CN[C@@H](C)C(=O)O. The van der Waals surface area contributed by atoms with Crippen LogP contribution < -0.4 is 10.1 Å². The van der Waals surface area contributed by atoms with Gasteiger partial charge in [-0.25, -0.2) is 0 Å². The topological polar surface area (TPSA) is 75.6 Å². The van der Waals surface area contributed by atoms with Gasteiger partial charge in [-0.3, -0.25) is 9.59 Å². The lowest BCUT2D eigenvalue weighted by molar-refractivity contribution is -0.139. The number of carboxylic acid groups (broad SMARTS) is 1. The van der Waals surface area contributed by atoms with Crippen LogP contribution in [0, 0.1) is 0 Å². The minimum atomic E-state index is -0.920. The number of rotatable bonds is 6. The molecule has 0 saturated carbocycles. The lowest BCUT2D eigenvalue weighted by Gasteiger charge is -2.13. The van der Waals surface area contributed by atoms with Gasteiger partial charge in [0.05, 0.1) is 7.11 Å². The van der Waals surface area contributed by atoms with E-state index in [1.807, 2.05) is 0 Å². The molecular formula is C13H17NO4. The Balaban J connectivity index is 2.88. The van der Waals surface area contributed by atoms with Crippen LogP contribution in [0.3, 0.4) is 0 Å². The monoisotopic (exact) mass is 251 g/mol. The zero-order valence-corrected chi connectivity index (χ0v) is 10.7. The van der Waals surface area contributed by atoms with Crippen LogP contribution >= 0.6 is 0 Å². The molecule has 0 fully saturated rings. The first kappa shape index (κ1) is 14.2. The van der Waals surface area contributed by atoms with Crippen molar-refractivity contribution in [3.8, 4) is 5.75 Å². The van der Waals surface area contributed by atoms with Crippen LogP contribution in [0.2, 0.25) is 0 Å². The number of aliphatic carboxylic acids is 1. The van der Waals surface area contributed by atoms with Crippen LogP contribution in [0.15, 0.2) is 18.2 Å². The summed E-state index contributed by atoms with van der Waals surface area (Å²) in [6.07, 6.45) is 0. The van der Waals surface area contributed by atoms with E-state index in [4.69, 9.17) is 9.84 Å². The summed E-state index contributed by atoms with van der Waals surface area (Å²) < 4.78 is 5.17. The highest BCUT2D eigenvalue weighted by atomic mass is 16.5. The zero-order chi connectivity index (χ0) is 13.7. The van der Waals surface area contributed by atoms with Crippen molar-refractivity contribution in [2.45, 2.75) is 26.4 Å². The molecule has 0 unspecified atom stereocenters. The summed E-state index contributed by atoms with van der Waals surface area (Å²) >= 11 is 0. The van der Waals surface area contributed by atoms with Crippen LogP contribution in [0.25, 0.3) is 0 Å². The Morgan fingerprint density at radius 2 is 2.11 bits per heavy atom. The summed E-state index contributed by atoms with van der Waals surface area (Å²) in [5.74, 6) is -0.327. The van der Waals surface area contributed by atoms with Crippen molar-refractivity contribution >= 4 is 11.8 Å². The highest BCUT2D eigenvalue weighted by Crippen LogP contribution is 2.20. The molecule has 1 atom stereocenters. The van der Waals surface area contributed by atoms with Gasteiger partial charge in [0.15, 0.2) is 5.78 Å². The molecule has 18 heavy (non-hydrogen) atoms. The molecule has 98 valence electrons. The minimum Gasteiger partial charge on any atom is -0.496 e. The summed E-state index contributed by atoms with van der Waals surface area (Å²) in [7, 11) is 1.53. The quantitative estimate of drug-likeness (QED) is 0.749. The van der Waals surface area contributed by atoms with Crippen molar-refractivity contribution in [1.82, 2.24) is 5.32 Å². The third-order valence-electron chi connectivity index (χ3n) is 2.66. The molecule has 0 radical (unpaired) electrons. The van der Waals surface area contributed by atoms with Crippen LogP contribution in [-0.4, -0.2) is 30.0 Å². The maximum atomic E-state index is 11.3. The molecule has 1 aromatic rings. The van der Waals surface area contributed by atoms with E-state index < -0.39 is 12.0 Å². The predicted octanol–water partition coefficient (Wildman–Crippen LogP) is 1.46. The molecule has 0 spiro atoms. The Hall–Kier alpha value is -1.88. The van der Waals surface area contributed by atoms with E-state index in [1.54, 1.807) is 25.1 Å². The Morgan fingerprint density at radius 1 is 1.44 bits per heavy atom. The lowest BCUT2D eigenvalue weighted by atomic mass is 10.1. The second-order valence-corrected chi connectivity index (χ2v) is 4.02. The summed E-state index contributed by atoms with van der Waals surface area (Å²) in [6.45, 7) is 3.38. The van der Waals surface area contributed by atoms with E-state index in [2.05, 4.69) is 5.32 Å². The smallest absolute Gasteiger partial charge is 0.320 e. The molecule has 0 aliphatic carbocycles. The molecule has 2 N–H and O–H groups in total. The molecule has 0 aliphatic rings. The van der Waals surface area contributed by atoms with Gasteiger partial charge in [0.25, 0.3) is 0 Å². The second kappa shape index (κ2) is 6.16. The van der Waals surface area contributed by atoms with Crippen LogP contribution in [-0.2, 0) is 11.3 Å². The van der Waals surface area contributed by atoms with Gasteiger partial charge in [-0.05, 0) is 32.0 Å². The minimum absolute atomic E-state index is 0.0369. The normalized spacial score (nSPS) is 11.9. The van der Waals surface area contributed by atoms with E-state index in [9.17, 15) is 9.59 Å². The van der Waals surface area contributed by atoms with E-state index in [0.29, 0.717) is 17.9 Å². The number of hydrogen-bond donors (Lipinski definition) is 2. The fourth-order valence-corrected chi connectivity index (χ4v) is 1.49. The van der Waals surface area contributed by atoms with Crippen molar-refractivity contribution in [2.75, 3.05) is 7.11 Å². The van der Waals surface area contributed by atoms with Gasteiger partial charge in [-0.1, -0.05) is 0 Å². The van der Waals surface area contributed by atoms with E-state index >= 15 is 0 Å². The molecule has 0 amide bonds. The largest absolute Gasteiger partial charge is 0.496 e. The average Bonchev–Trinajstić information content (AvgIpc) is 2.35. The van der Waals surface area contributed by atoms with Gasteiger partial charge >= 0.3 is 5.97 Å². The Kier molecular flexibility index (Phi) is 4.85. The summed E-state index contributed by atoms with van der Waals surface area (Å²) in [5.41, 5.74) is 1.34. The average molecular weight is 251 g/mol. The standard InChI is InChI=1S/C13H17NO4/c1-8(13(16)17)14-7-11-6-10(9(2)15)4-5-12(11)18-3/h4-6,8,14H,7H2,1-3H3,(H,16,17)/t8-/m0/s1. The van der Waals surface area contributed by atoms with Gasteiger partial charge in [0.1, 0.15) is 11.8 Å². The number of carbonyl (C=O) groups excluding carboxylic acids is 1. The van der Waals surface area contributed by atoms with Gasteiger partial charge in [0.2, 0.25) is 0 Å². The number of methoxy groups -OCH3 is 1. The second-order valence-electron chi connectivity index (χ2n) is 4.02. The van der Waals surface area contributed by atoms with Crippen molar-refractivity contribution in [2.24, 2.45) is 0 Å². The van der Waals surface area contributed by atoms with E-state index in [1.165, 1.54) is 14.0 Å². The zero-order valence-electron chi connectivity index (χ0n) is 10.7. The molecule has 5 heteroatoms. The predicted molar refractivity (Wildman–Crippen MR) is 66.9 cm³/mol. The van der Waals surface area contributed by atoms with Crippen molar-refractivity contribution in [3.63, 3.8) is 0 Å². The number of nitrogens with one attached hydrogen (secondary N) is 1. The molecule has 0 saturated heterocycles. The fraction of sp³-hybridized carbons (Fsp3) is 0.385. The molecule has 0 bridgehead atoms. The number of ketones is 1. The first-order valence-electron chi connectivity index (χ1n) is 5.59. The van der Waals surface area contributed by atoms with E-state index in [-0.39, 0.29) is 5.78 Å². The fourth-order valence-electron chi connectivity index (χ4n) is 1.49. The van der Waals surface area contributed by atoms with Crippen molar-refractivity contribution < 1.29 is 19.4 Å². The van der Waals surface area contributed by atoms with Crippen LogP contribution in [0.1, 0.15) is 29.8 Å². The first-order valence-corrected chi connectivity index (χ1v) is 5.59.